The van der Waals surface area contributed by atoms with E-state index in [0.29, 0.717) is 23.8 Å². The first-order valence-electron chi connectivity index (χ1n) is 13.3. The fourth-order valence-electron chi connectivity index (χ4n) is 4.85. The van der Waals surface area contributed by atoms with Gasteiger partial charge in [-0.05, 0) is 60.6 Å². The van der Waals surface area contributed by atoms with E-state index in [1.807, 2.05) is 31.2 Å². The lowest BCUT2D eigenvalue weighted by Crippen LogP contribution is -2.53. The van der Waals surface area contributed by atoms with Crippen molar-refractivity contribution in [3.05, 3.63) is 59.7 Å². The van der Waals surface area contributed by atoms with Crippen molar-refractivity contribution < 1.29 is 22.7 Å². The van der Waals surface area contributed by atoms with Crippen molar-refractivity contribution in [1.82, 2.24) is 10.2 Å². The average Bonchev–Trinajstić information content (AvgIpc) is 3.39. The number of ether oxygens (including phenoxy) is 1. The van der Waals surface area contributed by atoms with E-state index >= 15 is 0 Å². The molecule has 0 spiro atoms. The van der Waals surface area contributed by atoms with Crippen LogP contribution in [-0.2, 0) is 26.2 Å². The molecule has 208 valence electrons. The van der Waals surface area contributed by atoms with Crippen LogP contribution >= 0.6 is 0 Å². The minimum absolute atomic E-state index is 0.112. The second-order valence-electron chi connectivity index (χ2n) is 10.3. The van der Waals surface area contributed by atoms with E-state index in [0.717, 1.165) is 47.4 Å². The van der Waals surface area contributed by atoms with Gasteiger partial charge in [0.2, 0.25) is 21.8 Å². The molecule has 9 heteroatoms. The van der Waals surface area contributed by atoms with Crippen LogP contribution in [0.15, 0.2) is 48.5 Å². The van der Waals surface area contributed by atoms with Crippen LogP contribution in [-0.4, -0.2) is 57.1 Å². The van der Waals surface area contributed by atoms with Gasteiger partial charge < -0.3 is 15.0 Å². The minimum atomic E-state index is -3.76. The number of nitrogens with zero attached hydrogens (tertiary/aromatic N) is 2. The second-order valence-corrected chi connectivity index (χ2v) is 12.2. The summed E-state index contributed by atoms with van der Waals surface area (Å²) in [6.07, 6.45) is 5.52. The van der Waals surface area contributed by atoms with Crippen molar-refractivity contribution >= 4 is 27.5 Å². The van der Waals surface area contributed by atoms with Crippen molar-refractivity contribution in [2.24, 2.45) is 0 Å². The van der Waals surface area contributed by atoms with Gasteiger partial charge in [-0.25, -0.2) is 8.42 Å². The number of hydrogen-bond acceptors (Lipinski definition) is 5. The third-order valence-electron chi connectivity index (χ3n) is 7.13. The molecule has 2 aromatic rings. The highest BCUT2D eigenvalue weighted by Gasteiger charge is 2.33. The fraction of sp³-hybridized carbons (Fsp3) is 0.517. The Morgan fingerprint density at radius 2 is 1.63 bits per heavy atom. The molecule has 1 saturated carbocycles. The second kappa shape index (κ2) is 13.1. The molecule has 0 radical (unpaired) electrons. The molecular weight excluding hydrogens is 502 g/mol. The number of sulfonamides is 1. The molecule has 2 aromatic carbocycles. The normalized spacial score (nSPS) is 14.8. The summed E-state index contributed by atoms with van der Waals surface area (Å²) in [6.45, 7) is 5.76. The van der Waals surface area contributed by atoms with E-state index in [9.17, 15) is 18.0 Å². The van der Waals surface area contributed by atoms with Crippen molar-refractivity contribution in [1.29, 1.82) is 0 Å². The molecule has 8 nitrogen and oxygen atoms in total. The molecule has 1 aliphatic rings. The quantitative estimate of drug-likeness (QED) is 0.427. The van der Waals surface area contributed by atoms with Crippen LogP contribution in [0.3, 0.4) is 0 Å². The van der Waals surface area contributed by atoms with Crippen molar-refractivity contribution in [2.75, 3.05) is 24.2 Å². The van der Waals surface area contributed by atoms with E-state index in [4.69, 9.17) is 4.74 Å². The van der Waals surface area contributed by atoms with Crippen LogP contribution in [0.25, 0.3) is 0 Å². The van der Waals surface area contributed by atoms with Gasteiger partial charge >= 0.3 is 0 Å². The van der Waals surface area contributed by atoms with Crippen molar-refractivity contribution in [2.45, 2.75) is 77.4 Å². The zero-order valence-electron chi connectivity index (χ0n) is 23.1. The van der Waals surface area contributed by atoms with Crippen LogP contribution in [0.5, 0.6) is 5.75 Å². The third kappa shape index (κ3) is 7.72. The Morgan fingerprint density at radius 3 is 2.13 bits per heavy atom. The Bertz CT molecular complexity index is 1170. The summed E-state index contributed by atoms with van der Waals surface area (Å²) in [5.74, 6) is 0.341. The van der Waals surface area contributed by atoms with Crippen LogP contribution in [0.4, 0.5) is 5.69 Å². The number of anilines is 1. The van der Waals surface area contributed by atoms with Gasteiger partial charge in [0.1, 0.15) is 18.3 Å². The van der Waals surface area contributed by atoms with E-state index in [1.165, 1.54) is 4.90 Å². The SMILES string of the molecule is CC[C@H](C(=O)NC1CCCC1)N(Cc1ccc(OC)cc1)C(=O)CN(c1ccc(C(C)C)cc1)S(C)(=O)=O. The lowest BCUT2D eigenvalue weighted by molar-refractivity contribution is -0.140. The van der Waals surface area contributed by atoms with Gasteiger partial charge in [0.25, 0.3) is 0 Å². The van der Waals surface area contributed by atoms with Gasteiger partial charge in [-0.15, -0.1) is 0 Å². The lowest BCUT2D eigenvalue weighted by Gasteiger charge is -2.33. The monoisotopic (exact) mass is 543 g/mol. The average molecular weight is 544 g/mol. The summed E-state index contributed by atoms with van der Waals surface area (Å²) in [5.41, 5.74) is 2.31. The topological polar surface area (TPSA) is 96.0 Å². The van der Waals surface area contributed by atoms with Crippen LogP contribution in [0.1, 0.15) is 69.9 Å². The van der Waals surface area contributed by atoms with Crippen molar-refractivity contribution in [3.8, 4) is 5.75 Å². The summed E-state index contributed by atoms with van der Waals surface area (Å²) in [7, 11) is -2.18. The zero-order valence-corrected chi connectivity index (χ0v) is 24.0. The van der Waals surface area contributed by atoms with E-state index in [-0.39, 0.29) is 18.5 Å². The molecule has 0 unspecified atom stereocenters. The number of rotatable bonds is 12. The Hall–Kier alpha value is -3.07. The Balaban J connectivity index is 1.91. The molecular formula is C29H41N3O5S. The van der Waals surface area contributed by atoms with Crippen LogP contribution in [0, 0.1) is 0 Å². The number of amides is 2. The molecule has 3 rings (SSSR count). The maximum Gasteiger partial charge on any atom is 0.244 e. The predicted molar refractivity (Wildman–Crippen MR) is 151 cm³/mol. The summed E-state index contributed by atoms with van der Waals surface area (Å²) in [4.78, 5) is 28.7. The third-order valence-corrected chi connectivity index (χ3v) is 8.27. The van der Waals surface area contributed by atoms with E-state index in [2.05, 4.69) is 19.2 Å². The van der Waals surface area contributed by atoms with Crippen LogP contribution < -0.4 is 14.4 Å². The Labute approximate surface area is 227 Å². The molecule has 1 N–H and O–H groups in total. The molecule has 1 atom stereocenters. The summed E-state index contributed by atoms with van der Waals surface area (Å²) < 4.78 is 32.0. The predicted octanol–water partition coefficient (Wildman–Crippen LogP) is 4.45. The Kier molecular flexibility index (Phi) is 10.2. The summed E-state index contributed by atoms with van der Waals surface area (Å²) in [6, 6.07) is 13.9. The number of carbonyl (C=O) groups excluding carboxylic acids is 2. The van der Waals surface area contributed by atoms with E-state index < -0.39 is 28.5 Å². The summed E-state index contributed by atoms with van der Waals surface area (Å²) in [5, 5.41) is 3.12. The lowest BCUT2D eigenvalue weighted by atomic mass is 10.0. The van der Waals surface area contributed by atoms with Gasteiger partial charge in [-0.3, -0.25) is 13.9 Å². The zero-order chi connectivity index (χ0) is 27.9. The smallest absolute Gasteiger partial charge is 0.244 e. The summed E-state index contributed by atoms with van der Waals surface area (Å²) >= 11 is 0. The van der Waals surface area contributed by atoms with Gasteiger partial charge in [0.05, 0.1) is 19.1 Å². The molecule has 0 bridgehead atoms. The highest BCUT2D eigenvalue weighted by atomic mass is 32.2. The molecule has 0 aromatic heterocycles. The molecule has 1 fully saturated rings. The maximum atomic E-state index is 13.8. The van der Waals surface area contributed by atoms with Crippen LogP contribution in [0.2, 0.25) is 0 Å². The number of hydrogen-bond donors (Lipinski definition) is 1. The van der Waals surface area contributed by atoms with Gasteiger partial charge in [-0.2, -0.15) is 0 Å². The number of methoxy groups -OCH3 is 1. The number of benzene rings is 2. The molecule has 0 saturated heterocycles. The van der Waals surface area contributed by atoms with Gasteiger partial charge in [0.15, 0.2) is 0 Å². The molecule has 2 amide bonds. The number of nitrogens with one attached hydrogen (secondary N) is 1. The molecule has 1 aliphatic carbocycles. The van der Waals surface area contributed by atoms with E-state index in [1.54, 1.807) is 31.4 Å². The molecule has 0 heterocycles. The molecule has 0 aliphatic heterocycles. The highest BCUT2D eigenvalue weighted by Crippen LogP contribution is 2.24. The minimum Gasteiger partial charge on any atom is -0.497 e. The first kappa shape index (κ1) is 29.5. The molecule has 38 heavy (non-hydrogen) atoms. The standard InChI is InChI=1S/C29H41N3O5S/c1-6-27(29(34)30-24-9-7-8-10-24)31(19-22-11-17-26(37-4)18-12-22)28(33)20-32(38(5,35)36)25-15-13-23(14-16-25)21(2)3/h11-18,21,24,27H,6-10,19-20H2,1-5H3,(H,30,34)/t27-/m1/s1. The maximum absolute atomic E-state index is 13.8. The number of carbonyl (C=O) groups is 2. The first-order chi connectivity index (χ1) is 18.0. The fourth-order valence-corrected chi connectivity index (χ4v) is 5.70. The highest BCUT2D eigenvalue weighted by molar-refractivity contribution is 7.92. The Morgan fingerprint density at radius 1 is 1.03 bits per heavy atom. The first-order valence-corrected chi connectivity index (χ1v) is 15.2. The van der Waals surface area contributed by atoms with Gasteiger partial charge in [-0.1, -0.05) is 57.9 Å². The largest absolute Gasteiger partial charge is 0.497 e. The van der Waals surface area contributed by atoms with Gasteiger partial charge in [0, 0.05) is 12.6 Å². The van der Waals surface area contributed by atoms with Crippen molar-refractivity contribution in [3.63, 3.8) is 0 Å².